The average Bonchev–Trinajstić information content (AvgIpc) is 3.42. The van der Waals surface area contributed by atoms with Crippen LogP contribution in [0.15, 0.2) is 0 Å². The Morgan fingerprint density at radius 3 is 2.68 bits per heavy atom. The van der Waals surface area contributed by atoms with E-state index in [1.165, 1.54) is 0 Å². The Kier molecular flexibility index (Phi) is 6.80. The van der Waals surface area contributed by atoms with Gasteiger partial charge in [-0.25, -0.2) is 0 Å². The molecule has 4 aliphatic heterocycles. The molecule has 0 aliphatic carbocycles. The third kappa shape index (κ3) is 3.94. The summed E-state index contributed by atoms with van der Waals surface area (Å²) in [6.07, 6.45) is 2.09. The van der Waals surface area contributed by atoms with Gasteiger partial charge >= 0.3 is 0 Å². The minimum Gasteiger partial charge on any atom is -0.396 e. The maximum atomic E-state index is 13.4. The van der Waals surface area contributed by atoms with Crippen LogP contribution in [0.2, 0.25) is 0 Å². The van der Waals surface area contributed by atoms with Crippen LogP contribution < -0.4 is 10.6 Å². The zero-order valence-corrected chi connectivity index (χ0v) is 18.2. The average molecular weight is 439 g/mol. The smallest absolute Gasteiger partial charge is 0.245 e. The molecule has 3 amide bonds. The Bertz CT molecular complexity index is 699. The summed E-state index contributed by atoms with van der Waals surface area (Å²) in [6.45, 7) is 4.69. The third-order valence-corrected chi connectivity index (χ3v) is 7.24. The predicted octanol–water partition coefficient (Wildman–Crippen LogP) is -1.67. The van der Waals surface area contributed by atoms with Crippen molar-refractivity contribution in [1.82, 2.24) is 20.4 Å². The first-order valence-corrected chi connectivity index (χ1v) is 11.4. The quantitative estimate of drug-likeness (QED) is 0.368. The van der Waals surface area contributed by atoms with Gasteiger partial charge in [-0.1, -0.05) is 0 Å². The number of ether oxygens (including phenoxy) is 2. The number of unbranched alkanes of at least 4 members (excludes halogenated alkanes) is 1. The number of morpholine rings is 1. The molecule has 4 saturated heterocycles. The van der Waals surface area contributed by atoms with E-state index in [-0.39, 0.29) is 30.4 Å². The SMILES string of the molecule is CNC(=O)[C@@H]1[C@@H]2CCC3(O2)C(C(=O)NCCN2CCOCC2)N(CCCCO)C(=O)[C@H]13. The number of hydrogen-bond donors (Lipinski definition) is 3. The second kappa shape index (κ2) is 9.40. The molecule has 5 atom stereocenters. The van der Waals surface area contributed by atoms with Gasteiger partial charge in [-0.05, 0) is 25.7 Å². The summed E-state index contributed by atoms with van der Waals surface area (Å²) in [5, 5.41) is 14.8. The van der Waals surface area contributed by atoms with Crippen LogP contribution >= 0.6 is 0 Å². The molecular formula is C21H34N4O6. The van der Waals surface area contributed by atoms with E-state index in [0.29, 0.717) is 52.0 Å². The molecule has 0 aromatic rings. The fourth-order valence-corrected chi connectivity index (χ4v) is 5.81. The Morgan fingerprint density at radius 2 is 1.97 bits per heavy atom. The van der Waals surface area contributed by atoms with Crippen molar-refractivity contribution in [2.24, 2.45) is 11.8 Å². The molecule has 10 nitrogen and oxygen atoms in total. The van der Waals surface area contributed by atoms with E-state index in [4.69, 9.17) is 14.6 Å². The topological polar surface area (TPSA) is 120 Å². The summed E-state index contributed by atoms with van der Waals surface area (Å²) < 4.78 is 11.7. The number of rotatable bonds is 9. The molecule has 174 valence electrons. The maximum absolute atomic E-state index is 13.4. The lowest BCUT2D eigenvalue weighted by Gasteiger charge is -2.34. The highest BCUT2D eigenvalue weighted by molar-refractivity contribution is 5.98. The molecule has 4 fully saturated rings. The van der Waals surface area contributed by atoms with Crippen LogP contribution in [0.5, 0.6) is 0 Å². The van der Waals surface area contributed by atoms with Gasteiger partial charge in [-0.15, -0.1) is 0 Å². The first kappa shape index (κ1) is 22.4. The van der Waals surface area contributed by atoms with E-state index < -0.39 is 23.5 Å². The van der Waals surface area contributed by atoms with E-state index >= 15 is 0 Å². The molecule has 0 saturated carbocycles. The van der Waals surface area contributed by atoms with Crippen molar-refractivity contribution in [3.8, 4) is 0 Å². The summed E-state index contributed by atoms with van der Waals surface area (Å²) in [4.78, 5) is 43.2. The van der Waals surface area contributed by atoms with Crippen LogP contribution in [0.25, 0.3) is 0 Å². The fourth-order valence-electron chi connectivity index (χ4n) is 5.81. The van der Waals surface area contributed by atoms with Crippen molar-refractivity contribution < 1.29 is 29.0 Å². The summed E-state index contributed by atoms with van der Waals surface area (Å²) in [5.74, 6) is -1.78. The van der Waals surface area contributed by atoms with Crippen molar-refractivity contribution in [2.45, 2.75) is 43.4 Å². The van der Waals surface area contributed by atoms with E-state index in [2.05, 4.69) is 15.5 Å². The minimum absolute atomic E-state index is 0.0342. The molecule has 2 bridgehead atoms. The monoisotopic (exact) mass is 438 g/mol. The lowest BCUT2D eigenvalue weighted by atomic mass is 9.70. The largest absolute Gasteiger partial charge is 0.396 e. The molecule has 1 spiro atoms. The molecule has 4 rings (SSSR count). The Balaban J connectivity index is 1.50. The molecule has 3 N–H and O–H groups in total. The van der Waals surface area contributed by atoms with Crippen LogP contribution in [-0.4, -0.2) is 110 Å². The van der Waals surface area contributed by atoms with Gasteiger partial charge in [0.2, 0.25) is 17.7 Å². The van der Waals surface area contributed by atoms with Gasteiger partial charge in [0.15, 0.2) is 0 Å². The number of carbonyl (C=O) groups excluding carboxylic acids is 3. The van der Waals surface area contributed by atoms with Gasteiger partial charge in [0.1, 0.15) is 11.6 Å². The number of likely N-dealkylation sites (tertiary alicyclic amines) is 1. The van der Waals surface area contributed by atoms with Crippen molar-refractivity contribution in [2.75, 3.05) is 59.6 Å². The van der Waals surface area contributed by atoms with Gasteiger partial charge in [0.05, 0.1) is 31.2 Å². The van der Waals surface area contributed by atoms with Crippen molar-refractivity contribution in [3.63, 3.8) is 0 Å². The van der Waals surface area contributed by atoms with Gasteiger partial charge < -0.3 is 30.1 Å². The number of aliphatic hydroxyl groups is 1. The van der Waals surface area contributed by atoms with Crippen LogP contribution in [0.3, 0.4) is 0 Å². The van der Waals surface area contributed by atoms with Crippen LogP contribution in [0.1, 0.15) is 25.7 Å². The Morgan fingerprint density at radius 1 is 1.19 bits per heavy atom. The summed E-state index contributed by atoms with van der Waals surface area (Å²) in [5.41, 5.74) is -0.943. The minimum atomic E-state index is -0.943. The summed E-state index contributed by atoms with van der Waals surface area (Å²) >= 11 is 0. The number of amides is 3. The predicted molar refractivity (Wildman–Crippen MR) is 110 cm³/mol. The van der Waals surface area contributed by atoms with Crippen LogP contribution in [0, 0.1) is 11.8 Å². The zero-order chi connectivity index (χ0) is 22.0. The lowest BCUT2D eigenvalue weighted by Crippen LogP contribution is -2.56. The first-order valence-electron chi connectivity index (χ1n) is 11.4. The number of fused-ring (bicyclic) bond motifs is 1. The molecule has 31 heavy (non-hydrogen) atoms. The number of hydrogen-bond acceptors (Lipinski definition) is 7. The van der Waals surface area contributed by atoms with Gasteiger partial charge in [-0.3, -0.25) is 19.3 Å². The number of aliphatic hydroxyl groups excluding tert-OH is 1. The van der Waals surface area contributed by atoms with Crippen LogP contribution in [-0.2, 0) is 23.9 Å². The number of carbonyl (C=O) groups is 3. The molecule has 0 radical (unpaired) electrons. The molecule has 0 aromatic carbocycles. The standard InChI is InChI=1S/C21H34N4O6/c1-22-18(27)15-14-4-5-21(31-14)16(15)20(29)25(7-2-3-11-26)17(21)19(28)23-6-8-24-9-12-30-13-10-24/h14-17,26H,2-13H2,1H3,(H,22,27)(H,23,28)/t14-,15+,16-,17?,21?/m0/s1. The highest BCUT2D eigenvalue weighted by Crippen LogP contribution is 2.58. The molecule has 4 heterocycles. The second-order valence-corrected chi connectivity index (χ2v) is 8.88. The molecular weight excluding hydrogens is 404 g/mol. The van der Waals surface area contributed by atoms with E-state index in [1.807, 2.05) is 0 Å². The highest BCUT2D eigenvalue weighted by Gasteiger charge is 2.74. The number of nitrogens with zero attached hydrogens (tertiary/aromatic N) is 2. The Hall–Kier alpha value is -1.75. The Labute approximate surface area is 182 Å². The zero-order valence-electron chi connectivity index (χ0n) is 18.2. The third-order valence-electron chi connectivity index (χ3n) is 7.24. The van der Waals surface area contributed by atoms with Crippen molar-refractivity contribution >= 4 is 17.7 Å². The van der Waals surface area contributed by atoms with E-state index in [0.717, 1.165) is 19.6 Å². The van der Waals surface area contributed by atoms with Crippen LogP contribution in [0.4, 0.5) is 0 Å². The summed E-state index contributed by atoms with van der Waals surface area (Å²) in [7, 11) is 1.56. The van der Waals surface area contributed by atoms with E-state index in [1.54, 1.807) is 11.9 Å². The molecule has 10 heteroatoms. The van der Waals surface area contributed by atoms with E-state index in [9.17, 15) is 14.4 Å². The molecule has 0 aromatic heterocycles. The fraction of sp³-hybridized carbons (Fsp3) is 0.857. The highest BCUT2D eigenvalue weighted by atomic mass is 16.5. The van der Waals surface area contributed by atoms with Gasteiger partial charge in [0, 0.05) is 46.4 Å². The first-order chi connectivity index (χ1) is 15.0. The molecule has 2 unspecified atom stereocenters. The maximum Gasteiger partial charge on any atom is 0.245 e. The summed E-state index contributed by atoms with van der Waals surface area (Å²) in [6, 6.07) is -0.743. The van der Waals surface area contributed by atoms with Gasteiger partial charge in [0.25, 0.3) is 0 Å². The lowest BCUT2D eigenvalue weighted by molar-refractivity contribution is -0.142. The normalized spacial score (nSPS) is 34.8. The van der Waals surface area contributed by atoms with Crippen molar-refractivity contribution in [1.29, 1.82) is 0 Å². The van der Waals surface area contributed by atoms with Crippen molar-refractivity contribution in [3.05, 3.63) is 0 Å². The van der Waals surface area contributed by atoms with Gasteiger partial charge in [-0.2, -0.15) is 0 Å². The number of nitrogens with one attached hydrogen (secondary N) is 2. The second-order valence-electron chi connectivity index (χ2n) is 8.88. The molecule has 4 aliphatic rings.